The van der Waals surface area contributed by atoms with Crippen molar-refractivity contribution < 1.29 is 9.53 Å². The van der Waals surface area contributed by atoms with E-state index in [1.54, 1.807) is 0 Å². The van der Waals surface area contributed by atoms with Gasteiger partial charge in [-0.15, -0.1) is 0 Å². The van der Waals surface area contributed by atoms with Crippen LogP contribution in [0.2, 0.25) is 0 Å². The van der Waals surface area contributed by atoms with Gasteiger partial charge in [-0.2, -0.15) is 0 Å². The van der Waals surface area contributed by atoms with Gasteiger partial charge in [-0.25, -0.2) is 4.98 Å². The van der Waals surface area contributed by atoms with Gasteiger partial charge >= 0.3 is 0 Å². The van der Waals surface area contributed by atoms with Crippen molar-refractivity contribution in [3.05, 3.63) is 54.1 Å². The number of ether oxygens (including phenoxy) is 1. The molecule has 0 radical (unpaired) electrons. The first-order valence-electron chi connectivity index (χ1n) is 9.82. The predicted octanol–water partition coefficient (Wildman–Crippen LogP) is 1.97. The van der Waals surface area contributed by atoms with Crippen LogP contribution in [0.5, 0.6) is 0 Å². The highest BCUT2D eigenvalue weighted by Crippen LogP contribution is 2.30. The fourth-order valence-electron chi connectivity index (χ4n) is 4.16. The Kier molecular flexibility index (Phi) is 5.27. The van der Waals surface area contributed by atoms with E-state index in [0.717, 1.165) is 50.3 Å². The highest BCUT2D eigenvalue weighted by Gasteiger charge is 2.41. The quantitative estimate of drug-likeness (QED) is 0.828. The van der Waals surface area contributed by atoms with Crippen LogP contribution < -0.4 is 0 Å². The molecule has 1 amide bonds. The molecule has 6 heteroatoms. The average molecular weight is 368 g/mol. The summed E-state index contributed by atoms with van der Waals surface area (Å²) >= 11 is 0. The topological polar surface area (TPSA) is 50.6 Å². The Morgan fingerprint density at radius 3 is 2.67 bits per heavy atom. The molecule has 144 valence electrons. The molecule has 2 fully saturated rings. The van der Waals surface area contributed by atoms with Gasteiger partial charge in [-0.05, 0) is 25.0 Å². The molecule has 0 aliphatic carbocycles. The van der Waals surface area contributed by atoms with E-state index in [-0.39, 0.29) is 11.5 Å². The number of morpholine rings is 1. The Labute approximate surface area is 160 Å². The molecule has 0 unspecified atom stereocenters. The van der Waals surface area contributed by atoms with Gasteiger partial charge < -0.3 is 19.1 Å². The molecule has 0 saturated carbocycles. The van der Waals surface area contributed by atoms with Crippen LogP contribution in [0.1, 0.15) is 29.0 Å². The second-order valence-electron chi connectivity index (χ2n) is 7.67. The molecule has 27 heavy (non-hydrogen) atoms. The maximum atomic E-state index is 12.8. The number of likely N-dealkylation sites (tertiary alicyclic amines) is 1. The second-order valence-corrected chi connectivity index (χ2v) is 7.67. The fraction of sp³-hybridized carbons (Fsp3) is 0.524. The summed E-state index contributed by atoms with van der Waals surface area (Å²) in [4.78, 5) is 21.7. The molecule has 0 bridgehead atoms. The third-order valence-corrected chi connectivity index (χ3v) is 5.90. The minimum absolute atomic E-state index is 0.121. The lowest BCUT2D eigenvalue weighted by molar-refractivity contribution is -0.127. The van der Waals surface area contributed by atoms with E-state index in [1.807, 2.05) is 54.7 Å². The molecule has 4 rings (SSSR count). The van der Waals surface area contributed by atoms with Gasteiger partial charge in [-0.1, -0.05) is 18.2 Å². The molecule has 2 aromatic rings. The number of carbonyl (C=O) groups excluding carboxylic acids is 1. The normalized spacial score (nSPS) is 20.1. The Morgan fingerprint density at radius 2 is 1.96 bits per heavy atom. The Balaban J connectivity index is 1.32. The maximum absolute atomic E-state index is 12.8. The number of benzene rings is 1. The number of hydrogen-bond donors (Lipinski definition) is 0. The first-order chi connectivity index (χ1) is 13.2. The molecule has 2 aliphatic heterocycles. The van der Waals surface area contributed by atoms with Crippen molar-refractivity contribution in [1.29, 1.82) is 0 Å². The summed E-state index contributed by atoms with van der Waals surface area (Å²) in [6.07, 6.45) is 6.78. The van der Waals surface area contributed by atoms with Crippen LogP contribution in [0.4, 0.5) is 0 Å². The summed E-state index contributed by atoms with van der Waals surface area (Å²) < 4.78 is 8.29. The van der Waals surface area contributed by atoms with Crippen LogP contribution in [-0.2, 0) is 18.2 Å². The third-order valence-electron chi connectivity index (χ3n) is 5.90. The lowest BCUT2D eigenvalue weighted by atomic mass is 9.89. The van der Waals surface area contributed by atoms with Crippen molar-refractivity contribution in [1.82, 2.24) is 19.4 Å². The maximum Gasteiger partial charge on any atom is 0.254 e. The zero-order valence-electron chi connectivity index (χ0n) is 16.0. The smallest absolute Gasteiger partial charge is 0.254 e. The number of rotatable bonds is 4. The third kappa shape index (κ3) is 4.06. The van der Waals surface area contributed by atoms with Gasteiger partial charge in [0.2, 0.25) is 0 Å². The monoisotopic (exact) mass is 368 g/mol. The summed E-state index contributed by atoms with van der Waals surface area (Å²) in [5.74, 6) is 1.25. The number of piperidine rings is 1. The molecule has 2 saturated heterocycles. The lowest BCUT2D eigenvalue weighted by Gasteiger charge is -2.47. The molecule has 2 aliphatic rings. The van der Waals surface area contributed by atoms with Crippen molar-refractivity contribution in [2.24, 2.45) is 7.05 Å². The standard InChI is InChI=1S/C21H28N4O2/c1-23-14-10-22-19(23)7-11-24-12-8-21(9-13-24)17-25(15-16-27-21)20(26)18-5-3-2-4-6-18/h2-6,10,14H,7-9,11-13,15-17H2,1H3. The van der Waals surface area contributed by atoms with E-state index in [2.05, 4.69) is 14.5 Å². The molecule has 0 atom stereocenters. The molecule has 1 spiro atoms. The Hall–Kier alpha value is -2.18. The van der Waals surface area contributed by atoms with Crippen LogP contribution in [0.3, 0.4) is 0 Å². The van der Waals surface area contributed by atoms with Crippen LogP contribution in [0.25, 0.3) is 0 Å². The minimum Gasteiger partial charge on any atom is -0.371 e. The average Bonchev–Trinajstić information content (AvgIpc) is 3.13. The number of carbonyl (C=O) groups is 1. The number of amides is 1. The van der Waals surface area contributed by atoms with E-state index in [0.29, 0.717) is 19.7 Å². The molecular formula is C21H28N4O2. The first-order valence-corrected chi connectivity index (χ1v) is 9.82. The number of imidazole rings is 1. The lowest BCUT2D eigenvalue weighted by Crippen LogP contribution is -2.58. The number of aryl methyl sites for hydroxylation is 1. The molecule has 1 aromatic heterocycles. The predicted molar refractivity (Wildman–Crippen MR) is 104 cm³/mol. The number of hydrogen-bond acceptors (Lipinski definition) is 4. The van der Waals surface area contributed by atoms with Gasteiger partial charge in [0.15, 0.2) is 0 Å². The summed E-state index contributed by atoms with van der Waals surface area (Å²) in [5.41, 5.74) is 0.588. The van der Waals surface area contributed by atoms with E-state index in [9.17, 15) is 4.79 Å². The van der Waals surface area contributed by atoms with Gasteiger partial charge in [0.1, 0.15) is 5.82 Å². The zero-order valence-corrected chi connectivity index (χ0v) is 16.0. The van der Waals surface area contributed by atoms with E-state index in [4.69, 9.17) is 4.74 Å². The first kappa shape index (κ1) is 18.2. The van der Waals surface area contributed by atoms with Gasteiger partial charge in [0, 0.05) is 57.6 Å². The highest BCUT2D eigenvalue weighted by molar-refractivity contribution is 5.94. The minimum atomic E-state index is -0.178. The van der Waals surface area contributed by atoms with Crippen molar-refractivity contribution in [3.8, 4) is 0 Å². The molecule has 1 aromatic carbocycles. The molecular weight excluding hydrogens is 340 g/mol. The SMILES string of the molecule is Cn1ccnc1CCN1CCC2(CC1)CN(C(=O)c1ccccc1)CCO2. The van der Waals surface area contributed by atoms with Crippen molar-refractivity contribution in [3.63, 3.8) is 0 Å². The summed E-state index contributed by atoms with van der Waals surface area (Å²) in [5, 5.41) is 0. The van der Waals surface area contributed by atoms with E-state index < -0.39 is 0 Å². The Bertz CT molecular complexity index is 765. The molecule has 6 nitrogen and oxygen atoms in total. The number of aromatic nitrogens is 2. The summed E-state index contributed by atoms with van der Waals surface area (Å²) in [7, 11) is 2.04. The van der Waals surface area contributed by atoms with Crippen molar-refractivity contribution in [2.75, 3.05) is 39.3 Å². The largest absolute Gasteiger partial charge is 0.371 e. The second kappa shape index (κ2) is 7.82. The van der Waals surface area contributed by atoms with Gasteiger partial charge in [-0.3, -0.25) is 4.79 Å². The van der Waals surface area contributed by atoms with Crippen LogP contribution >= 0.6 is 0 Å². The van der Waals surface area contributed by atoms with Crippen LogP contribution in [0.15, 0.2) is 42.7 Å². The van der Waals surface area contributed by atoms with E-state index in [1.165, 1.54) is 0 Å². The Morgan fingerprint density at radius 1 is 1.19 bits per heavy atom. The molecule has 0 N–H and O–H groups in total. The highest BCUT2D eigenvalue weighted by atomic mass is 16.5. The van der Waals surface area contributed by atoms with Crippen LogP contribution in [0, 0.1) is 0 Å². The molecule has 3 heterocycles. The van der Waals surface area contributed by atoms with Crippen molar-refractivity contribution in [2.45, 2.75) is 24.9 Å². The number of nitrogens with zero attached hydrogens (tertiary/aromatic N) is 4. The summed E-state index contributed by atoms with van der Waals surface area (Å²) in [6, 6.07) is 9.57. The van der Waals surface area contributed by atoms with Gasteiger partial charge in [0.05, 0.1) is 18.8 Å². The van der Waals surface area contributed by atoms with Gasteiger partial charge in [0.25, 0.3) is 5.91 Å². The van der Waals surface area contributed by atoms with E-state index >= 15 is 0 Å². The summed E-state index contributed by atoms with van der Waals surface area (Å²) in [6.45, 7) is 5.06. The zero-order chi connectivity index (χ0) is 18.7. The van der Waals surface area contributed by atoms with Crippen LogP contribution in [-0.4, -0.2) is 70.2 Å². The fourth-order valence-corrected chi connectivity index (χ4v) is 4.16. The van der Waals surface area contributed by atoms with Crippen molar-refractivity contribution >= 4 is 5.91 Å².